The van der Waals surface area contributed by atoms with Crippen LogP contribution in [0.2, 0.25) is 0 Å². The highest BCUT2D eigenvalue weighted by Gasteiger charge is 2.07. The van der Waals surface area contributed by atoms with Crippen molar-refractivity contribution in [1.82, 2.24) is 0 Å². The van der Waals surface area contributed by atoms with Crippen LogP contribution in [0.15, 0.2) is 18.2 Å². The molecule has 4 nitrogen and oxygen atoms in total. The van der Waals surface area contributed by atoms with Crippen molar-refractivity contribution in [2.24, 2.45) is 0 Å². The number of nitriles is 1. The third-order valence-corrected chi connectivity index (χ3v) is 2.18. The molecule has 0 aliphatic carbocycles. The van der Waals surface area contributed by atoms with E-state index >= 15 is 0 Å². The SMILES string of the molecule is CC(=O)c1ccc(C#N)cc1NCCCO. The van der Waals surface area contributed by atoms with Crippen LogP contribution in [-0.2, 0) is 0 Å². The first kappa shape index (κ1) is 12.2. The van der Waals surface area contributed by atoms with Crippen molar-refractivity contribution in [2.75, 3.05) is 18.5 Å². The van der Waals surface area contributed by atoms with E-state index in [1.165, 1.54) is 6.92 Å². The van der Waals surface area contributed by atoms with E-state index in [-0.39, 0.29) is 12.4 Å². The lowest BCUT2D eigenvalue weighted by atomic mass is 10.1. The van der Waals surface area contributed by atoms with Crippen LogP contribution < -0.4 is 5.32 Å². The van der Waals surface area contributed by atoms with E-state index < -0.39 is 0 Å². The topological polar surface area (TPSA) is 73.1 Å². The van der Waals surface area contributed by atoms with E-state index in [9.17, 15) is 4.79 Å². The number of carbonyl (C=O) groups excluding carboxylic acids is 1. The Bertz CT molecular complexity index is 422. The van der Waals surface area contributed by atoms with E-state index in [1.54, 1.807) is 18.2 Å². The number of anilines is 1. The van der Waals surface area contributed by atoms with E-state index in [4.69, 9.17) is 10.4 Å². The molecule has 1 rings (SSSR count). The molecule has 0 aromatic heterocycles. The first-order chi connectivity index (χ1) is 7.69. The van der Waals surface area contributed by atoms with Crippen molar-refractivity contribution >= 4 is 11.5 Å². The van der Waals surface area contributed by atoms with Crippen LogP contribution in [0.4, 0.5) is 5.69 Å². The molecule has 0 spiro atoms. The molecule has 4 heteroatoms. The normalized spacial score (nSPS) is 9.56. The van der Waals surface area contributed by atoms with Crippen LogP contribution in [0.5, 0.6) is 0 Å². The maximum atomic E-state index is 11.3. The fourth-order valence-corrected chi connectivity index (χ4v) is 1.37. The molecular weight excluding hydrogens is 204 g/mol. The molecule has 16 heavy (non-hydrogen) atoms. The van der Waals surface area contributed by atoms with Crippen LogP contribution in [0.25, 0.3) is 0 Å². The fraction of sp³-hybridized carbons (Fsp3) is 0.333. The minimum atomic E-state index is -0.0454. The Balaban J connectivity index is 2.92. The van der Waals surface area contributed by atoms with Crippen LogP contribution in [0.3, 0.4) is 0 Å². The summed E-state index contributed by atoms with van der Waals surface area (Å²) in [5.74, 6) is -0.0454. The van der Waals surface area contributed by atoms with Gasteiger partial charge in [-0.25, -0.2) is 0 Å². The molecule has 0 fully saturated rings. The maximum absolute atomic E-state index is 11.3. The number of hydrogen-bond acceptors (Lipinski definition) is 4. The van der Waals surface area contributed by atoms with E-state index in [1.807, 2.05) is 6.07 Å². The first-order valence-corrected chi connectivity index (χ1v) is 5.09. The second-order valence-electron chi connectivity index (χ2n) is 3.43. The molecule has 84 valence electrons. The van der Waals surface area contributed by atoms with Gasteiger partial charge >= 0.3 is 0 Å². The zero-order valence-electron chi connectivity index (χ0n) is 9.16. The van der Waals surface area contributed by atoms with Crippen molar-refractivity contribution in [3.63, 3.8) is 0 Å². The molecule has 0 aliphatic heterocycles. The van der Waals surface area contributed by atoms with Crippen molar-refractivity contribution in [3.05, 3.63) is 29.3 Å². The summed E-state index contributed by atoms with van der Waals surface area (Å²) in [6, 6.07) is 6.93. The maximum Gasteiger partial charge on any atom is 0.161 e. The summed E-state index contributed by atoms with van der Waals surface area (Å²) in [6.45, 7) is 2.16. The van der Waals surface area contributed by atoms with E-state index in [2.05, 4.69) is 5.32 Å². The molecule has 0 atom stereocenters. The van der Waals surface area contributed by atoms with Gasteiger partial charge in [-0.15, -0.1) is 0 Å². The van der Waals surface area contributed by atoms with Crippen molar-refractivity contribution in [3.8, 4) is 6.07 Å². The van der Waals surface area contributed by atoms with Gasteiger partial charge in [0.05, 0.1) is 11.6 Å². The van der Waals surface area contributed by atoms with Crippen molar-refractivity contribution in [1.29, 1.82) is 5.26 Å². The quantitative estimate of drug-likeness (QED) is 0.581. The number of aliphatic hydroxyl groups excluding tert-OH is 1. The van der Waals surface area contributed by atoms with Gasteiger partial charge in [-0.3, -0.25) is 4.79 Å². The third-order valence-electron chi connectivity index (χ3n) is 2.18. The lowest BCUT2D eigenvalue weighted by Gasteiger charge is -2.09. The van der Waals surface area contributed by atoms with Crippen LogP contribution >= 0.6 is 0 Å². The van der Waals surface area contributed by atoms with Crippen LogP contribution in [0.1, 0.15) is 29.3 Å². The van der Waals surface area contributed by atoms with Crippen LogP contribution in [0, 0.1) is 11.3 Å². The number of aliphatic hydroxyl groups is 1. The Labute approximate surface area is 94.5 Å². The van der Waals surface area contributed by atoms with Gasteiger partial charge in [-0.2, -0.15) is 5.26 Å². The molecule has 1 aromatic rings. The van der Waals surface area contributed by atoms with Gasteiger partial charge in [0.25, 0.3) is 0 Å². The van der Waals surface area contributed by atoms with E-state index in [0.717, 1.165) is 0 Å². The molecule has 0 saturated heterocycles. The number of nitrogens with zero attached hydrogens (tertiary/aromatic N) is 1. The summed E-state index contributed by atoms with van der Waals surface area (Å²) in [6.07, 6.45) is 0.605. The Morgan fingerprint density at radius 2 is 2.31 bits per heavy atom. The summed E-state index contributed by atoms with van der Waals surface area (Å²) < 4.78 is 0. The second kappa shape index (κ2) is 5.89. The predicted molar refractivity (Wildman–Crippen MR) is 61.4 cm³/mol. The number of Topliss-reactive ketones (excluding diaryl/α,β-unsaturated/α-hetero) is 1. The molecule has 0 heterocycles. The van der Waals surface area contributed by atoms with Gasteiger partial charge < -0.3 is 10.4 Å². The molecule has 0 bridgehead atoms. The number of ketones is 1. The molecule has 0 aliphatic rings. The first-order valence-electron chi connectivity index (χ1n) is 5.09. The smallest absolute Gasteiger partial charge is 0.161 e. The predicted octanol–water partition coefficient (Wildman–Crippen LogP) is 1.56. The lowest BCUT2D eigenvalue weighted by Crippen LogP contribution is -2.08. The van der Waals surface area contributed by atoms with Gasteiger partial charge in [0.15, 0.2) is 5.78 Å². The van der Waals surface area contributed by atoms with Gasteiger partial charge in [0, 0.05) is 24.4 Å². The molecule has 1 aromatic carbocycles. The number of rotatable bonds is 5. The number of benzene rings is 1. The van der Waals surface area contributed by atoms with Gasteiger partial charge in [-0.05, 0) is 31.5 Å². The van der Waals surface area contributed by atoms with E-state index in [0.29, 0.717) is 29.8 Å². The lowest BCUT2D eigenvalue weighted by molar-refractivity contribution is 0.101. The van der Waals surface area contributed by atoms with Crippen LogP contribution in [-0.4, -0.2) is 24.0 Å². The molecule has 0 saturated carbocycles. The standard InChI is InChI=1S/C12H14N2O2/c1-9(16)11-4-3-10(8-13)7-12(11)14-5-2-6-15/h3-4,7,14-15H,2,5-6H2,1H3. The Morgan fingerprint density at radius 1 is 1.56 bits per heavy atom. The zero-order valence-corrected chi connectivity index (χ0v) is 9.16. The highest BCUT2D eigenvalue weighted by molar-refractivity contribution is 5.99. The molecular formula is C12H14N2O2. The van der Waals surface area contributed by atoms with Gasteiger partial charge in [0.1, 0.15) is 0 Å². The average Bonchev–Trinajstić information content (AvgIpc) is 2.29. The fourth-order valence-electron chi connectivity index (χ4n) is 1.37. The molecule has 0 unspecified atom stereocenters. The summed E-state index contributed by atoms with van der Waals surface area (Å²) in [5.41, 5.74) is 1.73. The molecule has 0 radical (unpaired) electrons. The Hall–Kier alpha value is -1.86. The number of nitrogens with one attached hydrogen (secondary N) is 1. The summed E-state index contributed by atoms with van der Waals surface area (Å²) in [7, 11) is 0. The third kappa shape index (κ3) is 3.07. The zero-order chi connectivity index (χ0) is 12.0. The highest BCUT2D eigenvalue weighted by atomic mass is 16.3. The average molecular weight is 218 g/mol. The minimum Gasteiger partial charge on any atom is -0.396 e. The second-order valence-corrected chi connectivity index (χ2v) is 3.43. The summed E-state index contributed by atoms with van der Waals surface area (Å²) >= 11 is 0. The molecule has 0 amide bonds. The highest BCUT2D eigenvalue weighted by Crippen LogP contribution is 2.18. The van der Waals surface area contributed by atoms with Gasteiger partial charge in [-0.1, -0.05) is 0 Å². The summed E-state index contributed by atoms with van der Waals surface area (Å²) in [4.78, 5) is 11.3. The largest absolute Gasteiger partial charge is 0.396 e. The van der Waals surface area contributed by atoms with Gasteiger partial charge in [0.2, 0.25) is 0 Å². The van der Waals surface area contributed by atoms with Crippen molar-refractivity contribution in [2.45, 2.75) is 13.3 Å². The summed E-state index contributed by atoms with van der Waals surface area (Å²) in [5, 5.41) is 20.5. The van der Waals surface area contributed by atoms with Crippen molar-refractivity contribution < 1.29 is 9.90 Å². The molecule has 2 N–H and O–H groups in total. The minimum absolute atomic E-state index is 0.0454. The monoisotopic (exact) mass is 218 g/mol. The Kier molecular flexibility index (Phi) is 4.49. The Morgan fingerprint density at radius 3 is 2.88 bits per heavy atom. The number of hydrogen-bond donors (Lipinski definition) is 2. The number of carbonyl (C=O) groups is 1.